The molecule has 2 heterocycles. The van der Waals surface area contributed by atoms with Crippen molar-refractivity contribution in [3.8, 4) is 11.3 Å². The molecule has 0 spiro atoms. The fourth-order valence-corrected chi connectivity index (χ4v) is 3.40. The molecule has 1 aromatic carbocycles. The fraction of sp³-hybridized carbons (Fsp3) is 0.211. The Bertz CT molecular complexity index is 857. The van der Waals surface area contributed by atoms with Gasteiger partial charge in [0.1, 0.15) is 0 Å². The fourth-order valence-electron chi connectivity index (χ4n) is 2.66. The van der Waals surface area contributed by atoms with Gasteiger partial charge in [-0.1, -0.05) is 18.6 Å². The molecule has 1 aliphatic carbocycles. The van der Waals surface area contributed by atoms with Crippen molar-refractivity contribution in [2.24, 2.45) is 5.92 Å². The van der Waals surface area contributed by atoms with Crippen LogP contribution in [0.1, 0.15) is 19.3 Å². The summed E-state index contributed by atoms with van der Waals surface area (Å²) in [6, 6.07) is 11.7. The zero-order valence-electron chi connectivity index (χ0n) is 13.6. The van der Waals surface area contributed by atoms with Gasteiger partial charge in [-0.05, 0) is 37.1 Å². The molecule has 2 aromatic heterocycles. The van der Waals surface area contributed by atoms with E-state index in [9.17, 15) is 4.79 Å². The van der Waals surface area contributed by atoms with E-state index in [1.54, 1.807) is 23.7 Å². The average molecular weight is 350 g/mol. The summed E-state index contributed by atoms with van der Waals surface area (Å²) in [7, 11) is 0. The molecule has 4 rings (SSSR count). The molecule has 1 saturated carbocycles. The minimum absolute atomic E-state index is 0.135. The number of anilines is 3. The Morgan fingerprint density at radius 1 is 1.12 bits per heavy atom. The van der Waals surface area contributed by atoms with E-state index >= 15 is 0 Å². The van der Waals surface area contributed by atoms with Gasteiger partial charge in [0.25, 0.3) is 0 Å². The maximum atomic E-state index is 12.0. The quantitative estimate of drug-likeness (QED) is 0.701. The Kier molecular flexibility index (Phi) is 4.43. The average Bonchev–Trinajstić information content (AvgIpc) is 3.03. The molecular weight excluding hydrogens is 332 g/mol. The molecule has 126 valence electrons. The summed E-state index contributed by atoms with van der Waals surface area (Å²) in [5.74, 6) is 0.329. The van der Waals surface area contributed by atoms with Crippen LogP contribution in [0.5, 0.6) is 0 Å². The van der Waals surface area contributed by atoms with E-state index in [-0.39, 0.29) is 11.8 Å². The van der Waals surface area contributed by atoms with Crippen LogP contribution in [0.2, 0.25) is 0 Å². The minimum atomic E-state index is 0.135. The standard InChI is InChI=1S/C19H18N4OS/c24-18(14-3-1-4-14)21-15-8-6-13(7-9-15)17-12-25-19(23-17)22-16-5-2-10-20-11-16/h2,5-12,14H,1,3-4H2,(H,21,24)(H,22,23). The molecule has 0 saturated heterocycles. The highest BCUT2D eigenvalue weighted by Crippen LogP contribution is 2.29. The van der Waals surface area contributed by atoms with E-state index in [0.717, 1.165) is 47.0 Å². The summed E-state index contributed by atoms with van der Waals surface area (Å²) in [5.41, 5.74) is 3.69. The Balaban J connectivity index is 1.42. The molecule has 1 aliphatic rings. The summed E-state index contributed by atoms with van der Waals surface area (Å²) in [5, 5.41) is 9.07. The molecule has 0 bridgehead atoms. The lowest BCUT2D eigenvalue weighted by Crippen LogP contribution is -2.27. The maximum absolute atomic E-state index is 12.0. The second-order valence-electron chi connectivity index (χ2n) is 6.10. The molecule has 0 aliphatic heterocycles. The van der Waals surface area contributed by atoms with Crippen molar-refractivity contribution in [1.82, 2.24) is 9.97 Å². The summed E-state index contributed by atoms with van der Waals surface area (Å²) >= 11 is 1.55. The lowest BCUT2D eigenvalue weighted by atomic mass is 9.85. The van der Waals surface area contributed by atoms with Gasteiger partial charge < -0.3 is 10.6 Å². The third-order valence-electron chi connectivity index (χ3n) is 4.34. The summed E-state index contributed by atoms with van der Waals surface area (Å²) in [6.45, 7) is 0. The van der Waals surface area contributed by atoms with E-state index in [4.69, 9.17) is 0 Å². The van der Waals surface area contributed by atoms with Gasteiger partial charge >= 0.3 is 0 Å². The molecular formula is C19H18N4OS. The van der Waals surface area contributed by atoms with E-state index in [1.165, 1.54) is 0 Å². The van der Waals surface area contributed by atoms with Crippen LogP contribution in [0.15, 0.2) is 54.2 Å². The van der Waals surface area contributed by atoms with Crippen LogP contribution in [0.4, 0.5) is 16.5 Å². The number of rotatable bonds is 5. The minimum Gasteiger partial charge on any atom is -0.330 e. The predicted molar refractivity (Wildman–Crippen MR) is 101 cm³/mol. The van der Waals surface area contributed by atoms with Crippen molar-refractivity contribution >= 4 is 33.8 Å². The van der Waals surface area contributed by atoms with Gasteiger partial charge in [0.15, 0.2) is 5.13 Å². The third kappa shape index (κ3) is 3.69. The van der Waals surface area contributed by atoms with E-state index in [0.29, 0.717) is 0 Å². The Hall–Kier alpha value is -2.73. The van der Waals surface area contributed by atoms with Gasteiger partial charge in [-0.2, -0.15) is 0 Å². The number of aromatic nitrogens is 2. The van der Waals surface area contributed by atoms with Crippen LogP contribution in [-0.2, 0) is 4.79 Å². The molecule has 5 nitrogen and oxygen atoms in total. The second-order valence-corrected chi connectivity index (χ2v) is 6.96. The van der Waals surface area contributed by atoms with Crippen molar-refractivity contribution in [2.75, 3.05) is 10.6 Å². The van der Waals surface area contributed by atoms with Crippen LogP contribution in [0, 0.1) is 5.92 Å². The molecule has 0 unspecified atom stereocenters. The lowest BCUT2D eigenvalue weighted by Gasteiger charge is -2.24. The summed E-state index contributed by atoms with van der Waals surface area (Å²) in [6.07, 6.45) is 6.69. The van der Waals surface area contributed by atoms with E-state index in [1.807, 2.05) is 41.8 Å². The van der Waals surface area contributed by atoms with Crippen LogP contribution < -0.4 is 10.6 Å². The number of amides is 1. The largest absolute Gasteiger partial charge is 0.330 e. The SMILES string of the molecule is O=C(Nc1ccc(-c2csc(Nc3cccnc3)n2)cc1)C1CCC1. The van der Waals surface area contributed by atoms with Crippen LogP contribution >= 0.6 is 11.3 Å². The zero-order chi connectivity index (χ0) is 17.1. The number of pyridine rings is 1. The monoisotopic (exact) mass is 350 g/mol. The summed E-state index contributed by atoms with van der Waals surface area (Å²) < 4.78 is 0. The van der Waals surface area contributed by atoms with Crippen molar-refractivity contribution < 1.29 is 4.79 Å². The number of benzene rings is 1. The molecule has 25 heavy (non-hydrogen) atoms. The zero-order valence-corrected chi connectivity index (χ0v) is 14.4. The highest BCUT2D eigenvalue weighted by molar-refractivity contribution is 7.14. The van der Waals surface area contributed by atoms with Gasteiger partial charge in [-0.25, -0.2) is 4.98 Å². The highest BCUT2D eigenvalue weighted by Gasteiger charge is 2.25. The van der Waals surface area contributed by atoms with Crippen molar-refractivity contribution in [3.63, 3.8) is 0 Å². The van der Waals surface area contributed by atoms with Crippen molar-refractivity contribution in [3.05, 3.63) is 54.2 Å². The normalized spacial score (nSPS) is 13.9. The number of carbonyl (C=O) groups is 1. The molecule has 1 fully saturated rings. The van der Waals surface area contributed by atoms with Gasteiger partial charge in [0.2, 0.25) is 5.91 Å². The molecule has 0 atom stereocenters. The maximum Gasteiger partial charge on any atom is 0.227 e. The van der Waals surface area contributed by atoms with Gasteiger partial charge in [0.05, 0.1) is 17.6 Å². The van der Waals surface area contributed by atoms with Gasteiger partial charge in [-0.3, -0.25) is 9.78 Å². The number of thiazole rings is 1. The predicted octanol–water partition coefficient (Wildman–Crippen LogP) is 4.69. The van der Waals surface area contributed by atoms with E-state index < -0.39 is 0 Å². The lowest BCUT2D eigenvalue weighted by molar-refractivity contribution is -0.122. The number of carbonyl (C=O) groups excluding carboxylic acids is 1. The third-order valence-corrected chi connectivity index (χ3v) is 5.10. The molecule has 3 aromatic rings. The van der Waals surface area contributed by atoms with Crippen molar-refractivity contribution in [2.45, 2.75) is 19.3 Å². The Morgan fingerprint density at radius 3 is 2.64 bits per heavy atom. The molecule has 1 amide bonds. The smallest absolute Gasteiger partial charge is 0.227 e. The highest BCUT2D eigenvalue weighted by atomic mass is 32.1. The number of hydrogen-bond acceptors (Lipinski definition) is 5. The molecule has 0 radical (unpaired) electrons. The van der Waals surface area contributed by atoms with Gasteiger partial charge in [-0.15, -0.1) is 11.3 Å². The second kappa shape index (κ2) is 7.03. The first kappa shape index (κ1) is 15.8. The van der Waals surface area contributed by atoms with E-state index in [2.05, 4.69) is 20.6 Å². The number of hydrogen-bond donors (Lipinski definition) is 2. The number of nitrogens with zero attached hydrogens (tertiary/aromatic N) is 2. The molecule has 6 heteroatoms. The van der Waals surface area contributed by atoms with Crippen LogP contribution in [0.3, 0.4) is 0 Å². The first-order valence-corrected chi connectivity index (χ1v) is 9.20. The Labute approximate surface area is 150 Å². The summed E-state index contributed by atoms with van der Waals surface area (Å²) in [4.78, 5) is 20.7. The van der Waals surface area contributed by atoms with Gasteiger partial charge in [0, 0.05) is 28.7 Å². The Morgan fingerprint density at radius 2 is 1.96 bits per heavy atom. The first-order chi connectivity index (χ1) is 12.3. The van der Waals surface area contributed by atoms with Crippen LogP contribution in [-0.4, -0.2) is 15.9 Å². The number of nitrogens with one attached hydrogen (secondary N) is 2. The molecule has 2 N–H and O–H groups in total. The topological polar surface area (TPSA) is 66.9 Å². The van der Waals surface area contributed by atoms with Crippen molar-refractivity contribution in [1.29, 1.82) is 0 Å². The first-order valence-electron chi connectivity index (χ1n) is 8.32. The van der Waals surface area contributed by atoms with Crippen LogP contribution in [0.25, 0.3) is 11.3 Å².